The summed E-state index contributed by atoms with van der Waals surface area (Å²) in [5, 5.41) is 11.0. The van der Waals surface area contributed by atoms with Gasteiger partial charge in [-0.05, 0) is 262 Å². The highest BCUT2D eigenvalue weighted by Gasteiger charge is 2.40. The van der Waals surface area contributed by atoms with Crippen molar-refractivity contribution >= 4 is 87.1 Å². The first kappa shape index (κ1) is 69.6. The van der Waals surface area contributed by atoms with Gasteiger partial charge in [0.25, 0.3) is 0 Å². The smallest absolute Gasteiger partial charge is 0.135 e. The van der Waals surface area contributed by atoms with Crippen LogP contribution >= 0.6 is 0 Å². The SMILES string of the molecule is CC1(C)c2ccccc2-c2ccc(-c3ccc4c(c3)c3cc(-c5ccc6c(c5)C(C)(C)c5ccccc5-6)ccc3c3nc(-c5cccc(-c6ccc7oc8ccc(-c9cccc(-c%10cnc%11c%12ccc(-c%13ccc%14c(c%13)C(C)(C)c%13ccccc%13-%14)cc%12c%12cc(-c%13ccc%14c(c%13)C(C)(C)c%13ccccc%13-%14)ccc%12c%11n%10)c9)cc8c7c6)c5)cnc43)cc21. The molecular weight excluding hydrogens is 1470 g/mol. The number of nitrogens with zero attached hydrogens (tertiary/aromatic N) is 4. The summed E-state index contributed by atoms with van der Waals surface area (Å²) in [5.41, 5.74) is 43.5. The molecular formula is C116H80N4O. The van der Waals surface area contributed by atoms with Gasteiger partial charge in [0.05, 0.1) is 45.8 Å². The molecule has 4 aliphatic carbocycles. The molecule has 0 radical (unpaired) electrons. The molecule has 5 nitrogen and oxygen atoms in total. The number of hydrogen-bond acceptors (Lipinski definition) is 5. The summed E-state index contributed by atoms with van der Waals surface area (Å²) >= 11 is 0. The van der Waals surface area contributed by atoms with Crippen LogP contribution in [0.5, 0.6) is 0 Å². The second-order valence-electron chi connectivity index (χ2n) is 36.4. The van der Waals surface area contributed by atoms with E-state index in [-0.39, 0.29) is 21.7 Å². The molecule has 4 aliphatic rings. The molecule has 0 fully saturated rings. The Morgan fingerprint density at radius 3 is 0.736 bits per heavy atom. The normalized spacial score (nSPS) is 14.5. The van der Waals surface area contributed by atoms with Crippen LogP contribution in [0.2, 0.25) is 0 Å². The van der Waals surface area contributed by atoms with Crippen molar-refractivity contribution in [3.05, 3.63) is 384 Å². The maximum atomic E-state index is 6.66. The van der Waals surface area contributed by atoms with Gasteiger partial charge in [0, 0.05) is 65.1 Å². The van der Waals surface area contributed by atoms with Gasteiger partial charge in [0.2, 0.25) is 0 Å². The largest absolute Gasteiger partial charge is 0.456 e. The molecule has 121 heavy (non-hydrogen) atoms. The van der Waals surface area contributed by atoms with Gasteiger partial charge in [-0.3, -0.25) is 9.97 Å². The lowest BCUT2D eigenvalue weighted by Crippen LogP contribution is -2.14. The van der Waals surface area contributed by atoms with Crippen molar-refractivity contribution in [2.45, 2.75) is 77.0 Å². The minimum Gasteiger partial charge on any atom is -0.456 e. The van der Waals surface area contributed by atoms with Gasteiger partial charge >= 0.3 is 0 Å². The van der Waals surface area contributed by atoms with Gasteiger partial charge in [-0.1, -0.05) is 298 Å². The topological polar surface area (TPSA) is 64.7 Å². The molecule has 18 aromatic carbocycles. The number of aromatic nitrogens is 4. The van der Waals surface area contributed by atoms with E-state index in [1.54, 1.807) is 0 Å². The zero-order valence-electron chi connectivity index (χ0n) is 68.5. The Morgan fingerprint density at radius 2 is 0.421 bits per heavy atom. The molecule has 5 heteroatoms. The first-order valence-electron chi connectivity index (χ1n) is 42.4. The van der Waals surface area contributed by atoms with E-state index >= 15 is 0 Å². The van der Waals surface area contributed by atoms with Crippen molar-refractivity contribution in [3.63, 3.8) is 0 Å². The third-order valence-electron chi connectivity index (χ3n) is 28.3. The van der Waals surface area contributed by atoms with Crippen LogP contribution in [-0.4, -0.2) is 19.9 Å². The Labute approximate surface area is 702 Å². The van der Waals surface area contributed by atoms with Gasteiger partial charge in [-0.15, -0.1) is 0 Å². The molecule has 570 valence electrons. The molecule has 0 N–H and O–H groups in total. The number of hydrogen-bond donors (Lipinski definition) is 0. The minimum atomic E-state index is -0.129. The highest BCUT2D eigenvalue weighted by atomic mass is 16.3. The number of benzene rings is 18. The fourth-order valence-corrected chi connectivity index (χ4v) is 21.8. The molecule has 25 rings (SSSR count). The maximum Gasteiger partial charge on any atom is 0.135 e. The molecule has 0 amide bonds. The van der Waals surface area contributed by atoms with Crippen LogP contribution < -0.4 is 0 Å². The third kappa shape index (κ3) is 10.2. The number of furan rings is 1. The van der Waals surface area contributed by atoms with Crippen molar-refractivity contribution in [2.75, 3.05) is 0 Å². The monoisotopic (exact) mass is 1540 g/mol. The van der Waals surface area contributed by atoms with Gasteiger partial charge in [0.15, 0.2) is 0 Å². The quantitative estimate of drug-likeness (QED) is 0.142. The second-order valence-corrected chi connectivity index (χ2v) is 36.4. The lowest BCUT2D eigenvalue weighted by molar-refractivity contribution is 0.660. The van der Waals surface area contributed by atoms with E-state index in [4.69, 9.17) is 24.4 Å². The number of rotatable bonds is 8. The summed E-state index contributed by atoms with van der Waals surface area (Å²) in [6, 6.07) is 122. The average molecular weight is 1550 g/mol. The van der Waals surface area contributed by atoms with E-state index in [0.29, 0.717) is 0 Å². The summed E-state index contributed by atoms with van der Waals surface area (Å²) in [7, 11) is 0. The van der Waals surface area contributed by atoms with E-state index < -0.39 is 0 Å². The lowest BCUT2D eigenvalue weighted by atomic mass is 9.81. The number of fused-ring (bicyclic) bond motifs is 27. The summed E-state index contributed by atoms with van der Waals surface area (Å²) in [4.78, 5) is 22.1. The second kappa shape index (κ2) is 25.0. The first-order valence-corrected chi connectivity index (χ1v) is 42.4. The average Bonchev–Trinajstić information content (AvgIpc) is 0.946. The molecule has 0 atom stereocenters. The fraction of sp³-hybridized carbons (Fsp3) is 0.103. The van der Waals surface area contributed by atoms with E-state index in [0.717, 1.165) is 132 Å². The Hall–Kier alpha value is -14.5. The molecule has 3 aromatic heterocycles. The molecule has 0 unspecified atom stereocenters. The van der Waals surface area contributed by atoms with Crippen LogP contribution in [0, 0.1) is 0 Å². The molecule has 3 heterocycles. The Bertz CT molecular complexity index is 7750. The summed E-state index contributed by atoms with van der Waals surface area (Å²) in [6.45, 7) is 18.9. The van der Waals surface area contributed by atoms with Crippen LogP contribution in [0.4, 0.5) is 0 Å². The van der Waals surface area contributed by atoms with Crippen molar-refractivity contribution in [3.8, 4) is 134 Å². The van der Waals surface area contributed by atoms with Gasteiger partial charge in [0.1, 0.15) is 11.2 Å². The zero-order chi connectivity index (χ0) is 80.8. The van der Waals surface area contributed by atoms with Gasteiger partial charge in [-0.25, -0.2) is 9.97 Å². The molecule has 0 aliphatic heterocycles. The summed E-state index contributed by atoms with van der Waals surface area (Å²) in [6.07, 6.45) is 3.93. The summed E-state index contributed by atoms with van der Waals surface area (Å²) < 4.78 is 6.66. The van der Waals surface area contributed by atoms with E-state index in [1.165, 1.54) is 134 Å². The molecule has 0 saturated carbocycles. The zero-order valence-corrected chi connectivity index (χ0v) is 68.5. The third-order valence-corrected chi connectivity index (χ3v) is 28.3. The highest BCUT2D eigenvalue weighted by molar-refractivity contribution is 6.26. The fourth-order valence-electron chi connectivity index (χ4n) is 21.8. The minimum absolute atomic E-state index is 0.121. The first-order chi connectivity index (χ1) is 58.9. The van der Waals surface area contributed by atoms with E-state index in [2.05, 4.69) is 383 Å². The standard InChI is InChI=1S/C116H80N4O/c1-113(2)97-27-13-9-23-79(97)83-41-31-73(59-101(83)113)67-35-45-87-91(53-67)93-55-69(75-33-43-85-81-25-11-15-29-99(81)115(5,6)103(85)61-75)37-47-89(93)111-109(87)117-63-105(119-111)77-21-17-19-65(51-77)71-39-49-107-95(57-71)96-58-72(40-50-108(96)121-107)66-20-18-22-78(52-66)106-64-118-110-88-46-36-68(74-32-42-84-80-24-10-14-28-98(80)114(3,4)102(84)60-74)54-92(88)94-56-70(38-48-90(94)112(110)120-106)76-34-44-86-82-26-12-16-30-100(82)116(7,8)104(86)62-76/h9-64H,1-8H3. The Morgan fingerprint density at radius 1 is 0.182 bits per heavy atom. The predicted octanol–water partition coefficient (Wildman–Crippen LogP) is 30.6. The van der Waals surface area contributed by atoms with Gasteiger partial charge < -0.3 is 4.42 Å². The van der Waals surface area contributed by atoms with Crippen LogP contribution in [-0.2, 0) is 21.7 Å². The van der Waals surface area contributed by atoms with Crippen LogP contribution in [0.15, 0.2) is 344 Å². The lowest BCUT2D eigenvalue weighted by Gasteiger charge is -2.22. The van der Waals surface area contributed by atoms with Crippen LogP contribution in [0.3, 0.4) is 0 Å². The predicted molar refractivity (Wildman–Crippen MR) is 504 cm³/mol. The van der Waals surface area contributed by atoms with Crippen molar-refractivity contribution in [1.82, 2.24) is 19.9 Å². The highest BCUT2D eigenvalue weighted by Crippen LogP contribution is 2.56. The molecule has 0 saturated heterocycles. The van der Waals surface area contributed by atoms with Crippen LogP contribution in [0.25, 0.3) is 221 Å². The molecule has 0 spiro atoms. The Kier molecular flexibility index (Phi) is 14.4. The maximum absolute atomic E-state index is 6.66. The summed E-state index contributed by atoms with van der Waals surface area (Å²) in [5.74, 6) is 0. The van der Waals surface area contributed by atoms with Gasteiger partial charge in [-0.2, -0.15) is 0 Å². The van der Waals surface area contributed by atoms with Crippen LogP contribution in [0.1, 0.15) is 99.9 Å². The van der Waals surface area contributed by atoms with Crippen molar-refractivity contribution < 1.29 is 4.42 Å². The van der Waals surface area contributed by atoms with Crippen molar-refractivity contribution in [2.24, 2.45) is 0 Å². The molecule has 0 bridgehead atoms. The Balaban J connectivity index is 0.562. The molecule has 21 aromatic rings. The van der Waals surface area contributed by atoms with E-state index in [9.17, 15) is 0 Å². The van der Waals surface area contributed by atoms with Crippen molar-refractivity contribution in [1.29, 1.82) is 0 Å². The van der Waals surface area contributed by atoms with E-state index in [1.807, 2.05) is 12.4 Å².